The Bertz CT molecular complexity index is 1100. The number of aryl methyl sites for hydroxylation is 1. The summed E-state index contributed by atoms with van der Waals surface area (Å²) < 4.78 is 31.2. The minimum atomic E-state index is -2.71. The van der Waals surface area contributed by atoms with Gasteiger partial charge in [-0.3, -0.25) is 14.2 Å². The first-order valence-corrected chi connectivity index (χ1v) is 9.62. The molecule has 7 nitrogen and oxygen atoms in total. The van der Waals surface area contributed by atoms with Gasteiger partial charge in [-0.2, -0.15) is 0 Å². The Hall–Kier alpha value is -2.75. The van der Waals surface area contributed by atoms with Crippen LogP contribution in [0.5, 0.6) is 0 Å². The van der Waals surface area contributed by atoms with Crippen LogP contribution in [0.3, 0.4) is 0 Å². The molecule has 1 atom stereocenters. The summed E-state index contributed by atoms with van der Waals surface area (Å²) in [4.78, 5) is 32.4. The third kappa shape index (κ3) is 3.17. The molecule has 1 fully saturated rings. The van der Waals surface area contributed by atoms with E-state index in [4.69, 9.17) is 0 Å². The third-order valence-electron chi connectivity index (χ3n) is 4.87. The Morgan fingerprint density at radius 3 is 2.86 bits per heavy atom. The van der Waals surface area contributed by atoms with E-state index in [1.807, 2.05) is 0 Å². The van der Waals surface area contributed by atoms with Gasteiger partial charge in [-0.1, -0.05) is 16.6 Å². The van der Waals surface area contributed by atoms with Crippen LogP contribution in [-0.4, -0.2) is 42.9 Å². The summed E-state index contributed by atoms with van der Waals surface area (Å²) in [5.74, 6) is -0.0639. The van der Waals surface area contributed by atoms with Crippen LogP contribution in [0.25, 0.3) is 10.9 Å². The highest BCUT2D eigenvalue weighted by atomic mass is 32.1. The zero-order chi connectivity index (χ0) is 19.8. The summed E-state index contributed by atoms with van der Waals surface area (Å²) in [7, 11) is 0. The highest BCUT2D eigenvalue weighted by Crippen LogP contribution is 2.33. The summed E-state index contributed by atoms with van der Waals surface area (Å²) >= 11 is 1.00. The van der Waals surface area contributed by atoms with E-state index < -0.39 is 24.6 Å². The van der Waals surface area contributed by atoms with Crippen molar-refractivity contribution < 1.29 is 13.6 Å². The van der Waals surface area contributed by atoms with Gasteiger partial charge in [0.05, 0.1) is 29.2 Å². The van der Waals surface area contributed by atoms with E-state index in [0.29, 0.717) is 35.5 Å². The fraction of sp³-hybridized carbons (Fsp3) is 0.389. The fourth-order valence-electron chi connectivity index (χ4n) is 3.59. The number of nitrogens with zero attached hydrogens (tertiary/aromatic N) is 5. The molecule has 1 unspecified atom stereocenters. The number of aromatic nitrogens is 4. The van der Waals surface area contributed by atoms with Crippen LogP contribution in [0.4, 0.5) is 8.78 Å². The molecule has 0 aliphatic carbocycles. The molecule has 1 amide bonds. The molecule has 0 spiro atoms. The van der Waals surface area contributed by atoms with E-state index in [1.54, 1.807) is 36.1 Å². The van der Waals surface area contributed by atoms with Gasteiger partial charge in [0, 0.05) is 6.54 Å². The molecule has 10 heteroatoms. The van der Waals surface area contributed by atoms with Crippen LogP contribution in [-0.2, 0) is 6.54 Å². The molecule has 2 aromatic heterocycles. The van der Waals surface area contributed by atoms with Gasteiger partial charge < -0.3 is 4.90 Å². The number of carbonyl (C=O) groups is 1. The normalized spacial score (nSPS) is 17.0. The Morgan fingerprint density at radius 1 is 1.36 bits per heavy atom. The number of hydrogen-bond donors (Lipinski definition) is 0. The monoisotopic (exact) mass is 405 g/mol. The fourth-order valence-corrected chi connectivity index (χ4v) is 4.20. The number of benzene rings is 1. The maximum atomic E-state index is 13.2. The first kappa shape index (κ1) is 18.6. The molecular formula is C18H17F2N5O2S. The van der Waals surface area contributed by atoms with Crippen LogP contribution < -0.4 is 5.56 Å². The topological polar surface area (TPSA) is 81.0 Å². The average Bonchev–Trinajstić information content (AvgIpc) is 3.32. The lowest BCUT2D eigenvalue weighted by molar-refractivity contribution is 0.0724. The molecule has 0 bridgehead atoms. The summed E-state index contributed by atoms with van der Waals surface area (Å²) in [6.45, 7) is 1.40. The quantitative estimate of drug-likeness (QED) is 0.667. The number of halogens is 2. The zero-order valence-electron chi connectivity index (χ0n) is 15.0. The largest absolute Gasteiger partial charge is 0.328 e. The van der Waals surface area contributed by atoms with Gasteiger partial charge in [-0.05, 0) is 43.4 Å². The molecule has 1 aliphatic rings. The lowest BCUT2D eigenvalue weighted by atomic mass is 10.1. The Morgan fingerprint density at radius 2 is 2.14 bits per heavy atom. The molecule has 1 aromatic carbocycles. The molecule has 4 rings (SSSR count). The Labute approximate surface area is 162 Å². The van der Waals surface area contributed by atoms with Crippen LogP contribution in [0, 0.1) is 6.92 Å². The number of para-hydroxylation sites is 1. The molecule has 0 saturated carbocycles. The second-order valence-electron chi connectivity index (χ2n) is 6.64. The van der Waals surface area contributed by atoms with Gasteiger partial charge in [0.25, 0.3) is 17.9 Å². The van der Waals surface area contributed by atoms with Crippen LogP contribution in [0.2, 0.25) is 0 Å². The standard InChI is InChI=1S/C18H17F2N5O2S/c1-10-15(28-23-22-10)18(27)24-8-4-7-13(24)16-21-12-6-3-2-5-11(12)17(26)25(16)9-14(19)20/h2-3,5-6,13-14H,4,7-9H2,1H3. The van der Waals surface area contributed by atoms with Crippen molar-refractivity contribution in [2.45, 2.75) is 38.8 Å². The predicted molar refractivity (Wildman–Crippen MR) is 99.7 cm³/mol. The number of carbonyl (C=O) groups excluding carboxylic acids is 1. The molecule has 146 valence electrons. The van der Waals surface area contributed by atoms with Crippen molar-refractivity contribution in [3.8, 4) is 0 Å². The second kappa shape index (κ2) is 7.34. The summed E-state index contributed by atoms with van der Waals surface area (Å²) in [5, 5.41) is 4.15. The SMILES string of the molecule is Cc1nnsc1C(=O)N1CCCC1c1nc2ccccc2c(=O)n1CC(F)F. The predicted octanol–water partition coefficient (Wildman–Crippen LogP) is 2.80. The molecule has 0 radical (unpaired) electrons. The van der Waals surface area contributed by atoms with E-state index in [2.05, 4.69) is 14.6 Å². The van der Waals surface area contributed by atoms with Gasteiger partial charge in [-0.15, -0.1) is 5.10 Å². The lowest BCUT2D eigenvalue weighted by Crippen LogP contribution is -2.36. The first-order valence-electron chi connectivity index (χ1n) is 8.85. The maximum Gasteiger partial charge on any atom is 0.268 e. The highest BCUT2D eigenvalue weighted by Gasteiger charge is 2.35. The van der Waals surface area contributed by atoms with Crippen molar-refractivity contribution in [2.24, 2.45) is 0 Å². The number of hydrogen-bond acceptors (Lipinski definition) is 6. The summed E-state index contributed by atoms with van der Waals surface area (Å²) in [5.41, 5.74) is 0.441. The highest BCUT2D eigenvalue weighted by molar-refractivity contribution is 7.07. The van der Waals surface area contributed by atoms with Crippen molar-refractivity contribution in [2.75, 3.05) is 6.54 Å². The first-order chi connectivity index (χ1) is 13.5. The number of fused-ring (bicyclic) bond motifs is 1. The van der Waals surface area contributed by atoms with Crippen molar-refractivity contribution in [3.05, 3.63) is 51.0 Å². The summed E-state index contributed by atoms with van der Waals surface area (Å²) in [6, 6.07) is 6.10. The number of amides is 1. The minimum absolute atomic E-state index is 0.199. The van der Waals surface area contributed by atoms with Crippen molar-refractivity contribution >= 4 is 28.3 Å². The second-order valence-corrected chi connectivity index (χ2v) is 7.39. The molecule has 1 saturated heterocycles. The molecule has 0 N–H and O–H groups in total. The van der Waals surface area contributed by atoms with Gasteiger partial charge >= 0.3 is 0 Å². The number of likely N-dealkylation sites (tertiary alicyclic amines) is 1. The van der Waals surface area contributed by atoms with Crippen molar-refractivity contribution in [1.29, 1.82) is 0 Å². The number of rotatable bonds is 4. The van der Waals surface area contributed by atoms with Crippen LogP contribution in [0.15, 0.2) is 29.1 Å². The minimum Gasteiger partial charge on any atom is -0.328 e. The van der Waals surface area contributed by atoms with E-state index in [1.165, 1.54) is 0 Å². The lowest BCUT2D eigenvalue weighted by Gasteiger charge is -2.26. The average molecular weight is 405 g/mol. The van der Waals surface area contributed by atoms with E-state index >= 15 is 0 Å². The zero-order valence-corrected chi connectivity index (χ0v) is 15.8. The van der Waals surface area contributed by atoms with Gasteiger partial charge in [-0.25, -0.2) is 13.8 Å². The molecular weight excluding hydrogens is 388 g/mol. The molecule has 28 heavy (non-hydrogen) atoms. The van der Waals surface area contributed by atoms with Crippen molar-refractivity contribution in [1.82, 2.24) is 24.0 Å². The maximum absolute atomic E-state index is 13.2. The summed E-state index contributed by atoms with van der Waals surface area (Å²) in [6.07, 6.45) is -1.47. The Kier molecular flexibility index (Phi) is 4.88. The van der Waals surface area contributed by atoms with E-state index in [-0.39, 0.29) is 17.1 Å². The van der Waals surface area contributed by atoms with Crippen LogP contribution in [0.1, 0.15) is 40.1 Å². The third-order valence-corrected chi connectivity index (χ3v) is 5.69. The smallest absolute Gasteiger partial charge is 0.268 e. The van der Waals surface area contributed by atoms with Gasteiger partial charge in [0.2, 0.25) is 0 Å². The van der Waals surface area contributed by atoms with E-state index in [9.17, 15) is 18.4 Å². The van der Waals surface area contributed by atoms with Gasteiger partial charge in [0.15, 0.2) is 0 Å². The van der Waals surface area contributed by atoms with Crippen LogP contribution >= 0.6 is 11.5 Å². The number of alkyl halides is 2. The van der Waals surface area contributed by atoms with Gasteiger partial charge in [0.1, 0.15) is 10.7 Å². The van der Waals surface area contributed by atoms with Crippen molar-refractivity contribution in [3.63, 3.8) is 0 Å². The Balaban J connectivity index is 1.83. The molecule has 3 aromatic rings. The van der Waals surface area contributed by atoms with E-state index in [0.717, 1.165) is 16.1 Å². The molecule has 1 aliphatic heterocycles. The molecule has 3 heterocycles.